The van der Waals surface area contributed by atoms with Crippen molar-refractivity contribution >= 4 is 29.4 Å². The van der Waals surface area contributed by atoms with E-state index in [0.29, 0.717) is 25.1 Å². The zero-order valence-corrected chi connectivity index (χ0v) is 17.8. The number of nitrogens with one attached hydrogen (secondary N) is 2. The van der Waals surface area contributed by atoms with Gasteiger partial charge in [-0.25, -0.2) is 9.18 Å². The second-order valence-corrected chi connectivity index (χ2v) is 8.58. The van der Waals surface area contributed by atoms with Gasteiger partial charge in [-0.1, -0.05) is 12.1 Å². The first kappa shape index (κ1) is 22.5. The highest BCUT2D eigenvalue weighted by atomic mass is 19.1. The maximum Gasteiger partial charge on any atom is 0.410 e. The van der Waals surface area contributed by atoms with Crippen LogP contribution < -0.4 is 10.6 Å². The molecule has 2 aliphatic rings. The van der Waals surface area contributed by atoms with Crippen molar-refractivity contribution in [2.24, 2.45) is 0 Å². The molecule has 0 bridgehead atoms. The first-order valence-electron chi connectivity index (χ1n) is 10.1. The minimum Gasteiger partial charge on any atom is -0.444 e. The Labute approximate surface area is 179 Å². The SMILES string of the molecule is CC(C)(C)OC(=O)N1CC=C(c2ccc(C(=O)NC3CCC(=O)NC3=O)cc2F)CC1. The summed E-state index contributed by atoms with van der Waals surface area (Å²) in [5, 5.41) is 4.69. The molecule has 8 nitrogen and oxygen atoms in total. The number of halogens is 1. The Kier molecular flexibility index (Phi) is 6.42. The van der Waals surface area contributed by atoms with Gasteiger partial charge in [0.25, 0.3) is 5.91 Å². The van der Waals surface area contributed by atoms with Crippen LogP contribution in [-0.2, 0) is 14.3 Å². The molecule has 9 heteroatoms. The maximum absolute atomic E-state index is 14.7. The molecule has 0 aliphatic carbocycles. The van der Waals surface area contributed by atoms with Gasteiger partial charge in [-0.2, -0.15) is 0 Å². The lowest BCUT2D eigenvalue weighted by molar-refractivity contribution is -0.134. The van der Waals surface area contributed by atoms with E-state index in [0.717, 1.165) is 11.6 Å². The van der Waals surface area contributed by atoms with Crippen LogP contribution in [-0.4, -0.2) is 53.4 Å². The summed E-state index contributed by atoms with van der Waals surface area (Å²) >= 11 is 0. The monoisotopic (exact) mass is 431 g/mol. The van der Waals surface area contributed by atoms with Crippen LogP contribution in [0.4, 0.5) is 9.18 Å². The number of ether oxygens (including phenoxy) is 1. The van der Waals surface area contributed by atoms with E-state index in [9.17, 15) is 23.6 Å². The van der Waals surface area contributed by atoms with Gasteiger partial charge < -0.3 is 15.0 Å². The number of hydrogen-bond acceptors (Lipinski definition) is 5. The molecule has 2 heterocycles. The number of imide groups is 1. The number of rotatable bonds is 3. The van der Waals surface area contributed by atoms with Gasteiger partial charge >= 0.3 is 6.09 Å². The van der Waals surface area contributed by atoms with Crippen LogP contribution >= 0.6 is 0 Å². The second-order valence-electron chi connectivity index (χ2n) is 8.58. The minimum atomic E-state index is -0.826. The normalized spacial score (nSPS) is 19.4. The maximum atomic E-state index is 14.7. The third-order valence-corrected chi connectivity index (χ3v) is 4.98. The van der Waals surface area contributed by atoms with Crippen LogP contribution in [0, 0.1) is 5.82 Å². The van der Waals surface area contributed by atoms with Crippen molar-refractivity contribution in [1.82, 2.24) is 15.5 Å². The summed E-state index contributed by atoms with van der Waals surface area (Å²) in [6.45, 7) is 6.09. The third kappa shape index (κ3) is 5.68. The van der Waals surface area contributed by atoms with E-state index in [1.807, 2.05) is 0 Å². The Hall–Kier alpha value is -3.23. The van der Waals surface area contributed by atoms with Crippen LogP contribution in [0.25, 0.3) is 5.57 Å². The number of carbonyl (C=O) groups is 4. The fourth-order valence-corrected chi connectivity index (χ4v) is 3.40. The topological polar surface area (TPSA) is 105 Å². The standard InChI is InChI=1S/C22H26FN3O5/c1-22(2,3)31-21(30)26-10-8-13(9-11-26)15-5-4-14(12-16(15)23)19(28)24-17-6-7-18(27)25-20(17)29/h4-5,8,12,17H,6-7,9-11H2,1-3H3,(H,24,28)(H,25,27,29). The van der Waals surface area contributed by atoms with Crippen molar-refractivity contribution in [1.29, 1.82) is 0 Å². The molecule has 1 atom stereocenters. The van der Waals surface area contributed by atoms with E-state index in [4.69, 9.17) is 4.74 Å². The molecule has 0 spiro atoms. The molecular formula is C22H26FN3O5. The molecule has 0 aromatic heterocycles. The summed E-state index contributed by atoms with van der Waals surface area (Å²) in [4.78, 5) is 49.1. The van der Waals surface area contributed by atoms with Gasteiger partial charge in [0.05, 0.1) is 0 Å². The first-order chi connectivity index (χ1) is 14.5. The summed E-state index contributed by atoms with van der Waals surface area (Å²) < 4.78 is 20.1. The molecule has 31 heavy (non-hydrogen) atoms. The van der Waals surface area contributed by atoms with Crippen molar-refractivity contribution in [3.05, 3.63) is 41.2 Å². The summed E-state index contributed by atoms with van der Waals surface area (Å²) in [5.74, 6) is -2.10. The zero-order chi connectivity index (χ0) is 22.8. The quantitative estimate of drug-likeness (QED) is 0.715. The highest BCUT2D eigenvalue weighted by Crippen LogP contribution is 2.26. The van der Waals surface area contributed by atoms with Crippen molar-refractivity contribution in [3.8, 4) is 0 Å². The van der Waals surface area contributed by atoms with Gasteiger partial charge in [0.15, 0.2) is 0 Å². The van der Waals surface area contributed by atoms with E-state index < -0.39 is 35.4 Å². The van der Waals surface area contributed by atoms with Gasteiger partial charge in [0, 0.05) is 30.6 Å². The first-order valence-corrected chi connectivity index (χ1v) is 10.1. The van der Waals surface area contributed by atoms with E-state index in [1.165, 1.54) is 12.1 Å². The number of hydrogen-bond donors (Lipinski definition) is 2. The van der Waals surface area contributed by atoms with Gasteiger partial charge in [-0.15, -0.1) is 0 Å². The molecule has 1 saturated heterocycles. The van der Waals surface area contributed by atoms with Crippen LogP contribution in [0.2, 0.25) is 0 Å². The van der Waals surface area contributed by atoms with Crippen molar-refractivity contribution in [2.45, 2.75) is 51.7 Å². The average Bonchev–Trinajstić information content (AvgIpc) is 2.69. The Morgan fingerprint density at radius 2 is 1.97 bits per heavy atom. The molecule has 2 aliphatic heterocycles. The predicted octanol–water partition coefficient (Wildman–Crippen LogP) is 2.38. The van der Waals surface area contributed by atoms with Crippen LogP contribution in [0.1, 0.15) is 56.0 Å². The molecule has 1 unspecified atom stereocenters. The van der Waals surface area contributed by atoms with Crippen LogP contribution in [0.5, 0.6) is 0 Å². The van der Waals surface area contributed by atoms with E-state index in [2.05, 4.69) is 10.6 Å². The van der Waals surface area contributed by atoms with Gasteiger partial charge in [-0.3, -0.25) is 19.7 Å². The van der Waals surface area contributed by atoms with Crippen molar-refractivity contribution in [2.75, 3.05) is 13.1 Å². The molecule has 0 radical (unpaired) electrons. The van der Waals surface area contributed by atoms with Crippen molar-refractivity contribution in [3.63, 3.8) is 0 Å². The minimum absolute atomic E-state index is 0.0812. The number of nitrogens with zero attached hydrogens (tertiary/aromatic N) is 1. The molecule has 1 aromatic rings. The largest absolute Gasteiger partial charge is 0.444 e. The summed E-state index contributed by atoms with van der Waals surface area (Å²) in [6.07, 6.45) is 2.16. The second kappa shape index (κ2) is 8.87. The molecule has 4 amide bonds. The average molecular weight is 431 g/mol. The van der Waals surface area contributed by atoms with Gasteiger partial charge in [-0.05, 0) is 51.3 Å². The third-order valence-electron chi connectivity index (χ3n) is 4.98. The fourth-order valence-electron chi connectivity index (χ4n) is 3.40. The highest BCUT2D eigenvalue weighted by molar-refractivity contribution is 6.03. The van der Waals surface area contributed by atoms with E-state index >= 15 is 0 Å². The number of benzene rings is 1. The fraction of sp³-hybridized carbons (Fsp3) is 0.455. The lowest BCUT2D eigenvalue weighted by Crippen LogP contribution is -2.52. The lowest BCUT2D eigenvalue weighted by Gasteiger charge is -2.29. The highest BCUT2D eigenvalue weighted by Gasteiger charge is 2.29. The molecular weight excluding hydrogens is 405 g/mol. The van der Waals surface area contributed by atoms with Crippen LogP contribution in [0.3, 0.4) is 0 Å². The molecule has 0 saturated carbocycles. The van der Waals surface area contributed by atoms with Gasteiger partial charge in [0.2, 0.25) is 11.8 Å². The molecule has 1 fully saturated rings. The van der Waals surface area contributed by atoms with Crippen LogP contribution in [0.15, 0.2) is 24.3 Å². The number of carbonyl (C=O) groups excluding carboxylic acids is 4. The molecule has 166 valence electrons. The number of piperidine rings is 1. The predicted molar refractivity (Wildman–Crippen MR) is 110 cm³/mol. The number of amides is 4. The van der Waals surface area contributed by atoms with Crippen molar-refractivity contribution < 1.29 is 28.3 Å². The van der Waals surface area contributed by atoms with E-state index in [1.54, 1.807) is 31.7 Å². The Bertz CT molecular complexity index is 951. The zero-order valence-electron chi connectivity index (χ0n) is 17.8. The Morgan fingerprint density at radius 1 is 1.23 bits per heavy atom. The molecule has 1 aromatic carbocycles. The van der Waals surface area contributed by atoms with Gasteiger partial charge in [0.1, 0.15) is 17.5 Å². The summed E-state index contributed by atoms with van der Waals surface area (Å²) in [5.41, 5.74) is 0.603. The summed E-state index contributed by atoms with van der Waals surface area (Å²) in [7, 11) is 0. The molecule has 3 rings (SSSR count). The van der Waals surface area contributed by atoms with E-state index in [-0.39, 0.29) is 24.3 Å². The summed E-state index contributed by atoms with van der Waals surface area (Å²) in [6, 6.07) is 3.30. The smallest absolute Gasteiger partial charge is 0.410 e. The lowest BCUT2D eigenvalue weighted by atomic mass is 9.97. The molecule has 2 N–H and O–H groups in total. The Balaban J connectivity index is 1.64. The Morgan fingerprint density at radius 3 is 2.55 bits per heavy atom.